The van der Waals surface area contributed by atoms with Crippen molar-refractivity contribution in [3.8, 4) is 0 Å². The van der Waals surface area contributed by atoms with Gasteiger partial charge in [-0.05, 0) is 30.2 Å². The number of benzene rings is 2. The molecule has 1 heterocycles. The van der Waals surface area contributed by atoms with Crippen LogP contribution in [-0.2, 0) is 0 Å². The zero-order chi connectivity index (χ0) is 12.5. The van der Waals surface area contributed by atoms with Gasteiger partial charge in [-0.2, -0.15) is 0 Å². The second-order valence-corrected chi connectivity index (χ2v) is 5.80. The first-order chi connectivity index (χ1) is 8.74. The van der Waals surface area contributed by atoms with Crippen molar-refractivity contribution >= 4 is 21.6 Å². The molecular weight excluding hydrogens is 286 g/mol. The molecule has 1 fully saturated rings. The third-order valence-electron chi connectivity index (χ3n) is 3.67. The van der Waals surface area contributed by atoms with Gasteiger partial charge in [-0.1, -0.05) is 52.3 Å². The van der Waals surface area contributed by atoms with Gasteiger partial charge in [0.2, 0.25) is 0 Å². The van der Waals surface area contributed by atoms with Crippen LogP contribution in [0.25, 0.3) is 0 Å². The maximum Gasteiger partial charge on any atom is 0.0378 e. The molecule has 0 atom stereocenters. The van der Waals surface area contributed by atoms with Crippen LogP contribution in [0.4, 0.5) is 5.69 Å². The van der Waals surface area contributed by atoms with E-state index < -0.39 is 0 Å². The summed E-state index contributed by atoms with van der Waals surface area (Å²) in [6.07, 6.45) is 0. The topological polar surface area (TPSA) is 3.24 Å². The van der Waals surface area contributed by atoms with Gasteiger partial charge in [-0.3, -0.25) is 0 Å². The van der Waals surface area contributed by atoms with E-state index in [9.17, 15) is 0 Å². The molecule has 0 unspecified atom stereocenters. The molecule has 0 amide bonds. The Balaban J connectivity index is 1.70. The molecule has 1 saturated heterocycles. The Bertz CT molecular complexity index is 544. The maximum atomic E-state index is 3.60. The fourth-order valence-electron chi connectivity index (χ4n) is 2.40. The van der Waals surface area contributed by atoms with Gasteiger partial charge in [0.1, 0.15) is 0 Å². The fourth-order valence-corrected chi connectivity index (χ4v) is 2.77. The molecule has 92 valence electrons. The van der Waals surface area contributed by atoms with E-state index in [1.54, 1.807) is 0 Å². The lowest BCUT2D eigenvalue weighted by Crippen LogP contribution is -2.45. The van der Waals surface area contributed by atoms with E-state index in [1.165, 1.54) is 21.3 Å². The van der Waals surface area contributed by atoms with Crippen molar-refractivity contribution in [2.45, 2.75) is 12.8 Å². The lowest BCUT2D eigenvalue weighted by molar-refractivity contribution is 0.525. The summed E-state index contributed by atoms with van der Waals surface area (Å²) < 4.78 is 1.20. The van der Waals surface area contributed by atoms with Crippen LogP contribution in [0.1, 0.15) is 17.0 Å². The third-order valence-corrected chi connectivity index (χ3v) is 4.53. The summed E-state index contributed by atoms with van der Waals surface area (Å²) >= 11 is 3.60. The average molecular weight is 302 g/mol. The van der Waals surface area contributed by atoms with Gasteiger partial charge in [0.05, 0.1) is 0 Å². The molecule has 0 radical (unpaired) electrons. The Labute approximate surface area is 117 Å². The number of nitrogens with zero attached hydrogens (tertiary/aromatic N) is 1. The quantitative estimate of drug-likeness (QED) is 0.796. The van der Waals surface area contributed by atoms with Crippen LogP contribution in [0.15, 0.2) is 53.0 Å². The largest absolute Gasteiger partial charge is 0.370 e. The van der Waals surface area contributed by atoms with Crippen molar-refractivity contribution in [1.29, 1.82) is 0 Å². The Morgan fingerprint density at radius 3 is 2.44 bits per heavy atom. The molecule has 18 heavy (non-hydrogen) atoms. The standard InChI is InChI=1S/C16H16BrN/c1-12-7-8-15(9-16(12)17)18-10-14(11-18)13-5-3-2-4-6-13/h2-9,14H,10-11H2,1H3. The molecule has 0 saturated carbocycles. The molecule has 0 N–H and O–H groups in total. The molecule has 2 heteroatoms. The zero-order valence-electron chi connectivity index (χ0n) is 10.4. The molecule has 2 aromatic carbocycles. The second kappa shape index (κ2) is 4.77. The van der Waals surface area contributed by atoms with Gasteiger partial charge in [0.15, 0.2) is 0 Å². The predicted molar refractivity (Wildman–Crippen MR) is 80.3 cm³/mol. The molecule has 1 nitrogen and oxygen atoms in total. The van der Waals surface area contributed by atoms with Crippen molar-refractivity contribution in [2.75, 3.05) is 18.0 Å². The smallest absolute Gasteiger partial charge is 0.0378 e. The number of rotatable bonds is 2. The lowest BCUT2D eigenvalue weighted by atomic mass is 9.91. The number of aryl methyl sites for hydroxylation is 1. The Hall–Kier alpha value is -1.28. The first-order valence-corrected chi connectivity index (χ1v) is 7.09. The van der Waals surface area contributed by atoms with Gasteiger partial charge in [-0.25, -0.2) is 0 Å². The first kappa shape index (κ1) is 11.8. The van der Waals surface area contributed by atoms with E-state index in [4.69, 9.17) is 0 Å². The minimum Gasteiger partial charge on any atom is -0.370 e. The second-order valence-electron chi connectivity index (χ2n) is 4.95. The average Bonchev–Trinajstić information content (AvgIpc) is 2.33. The van der Waals surface area contributed by atoms with Crippen LogP contribution in [0.3, 0.4) is 0 Å². The highest BCUT2D eigenvalue weighted by Gasteiger charge is 2.28. The van der Waals surface area contributed by atoms with Crippen LogP contribution in [0.2, 0.25) is 0 Å². The van der Waals surface area contributed by atoms with Crippen LogP contribution in [0.5, 0.6) is 0 Å². The van der Waals surface area contributed by atoms with E-state index in [0.29, 0.717) is 5.92 Å². The molecule has 0 aromatic heterocycles. The third kappa shape index (κ3) is 2.17. The van der Waals surface area contributed by atoms with Crippen molar-refractivity contribution in [1.82, 2.24) is 0 Å². The van der Waals surface area contributed by atoms with Crippen LogP contribution in [0, 0.1) is 6.92 Å². The molecule has 0 aliphatic carbocycles. The zero-order valence-corrected chi connectivity index (χ0v) is 12.0. The monoisotopic (exact) mass is 301 g/mol. The van der Waals surface area contributed by atoms with Crippen molar-refractivity contribution in [3.05, 3.63) is 64.1 Å². The van der Waals surface area contributed by atoms with Crippen LogP contribution >= 0.6 is 15.9 Å². The van der Waals surface area contributed by atoms with E-state index in [-0.39, 0.29) is 0 Å². The molecular formula is C16H16BrN. The van der Waals surface area contributed by atoms with E-state index in [0.717, 1.165) is 13.1 Å². The number of anilines is 1. The van der Waals surface area contributed by atoms with E-state index in [1.807, 2.05) is 0 Å². The molecule has 3 rings (SSSR count). The SMILES string of the molecule is Cc1ccc(N2CC(c3ccccc3)C2)cc1Br. The Kier molecular flexibility index (Phi) is 3.13. The maximum absolute atomic E-state index is 3.60. The molecule has 1 aliphatic rings. The summed E-state index contributed by atoms with van der Waals surface area (Å²) in [5.41, 5.74) is 4.07. The molecule has 0 spiro atoms. The minimum absolute atomic E-state index is 0.686. The van der Waals surface area contributed by atoms with Crippen LogP contribution < -0.4 is 4.90 Å². The van der Waals surface area contributed by atoms with Crippen molar-refractivity contribution in [3.63, 3.8) is 0 Å². The number of hydrogen-bond donors (Lipinski definition) is 0. The summed E-state index contributed by atoms with van der Waals surface area (Å²) in [6.45, 7) is 4.37. The number of halogens is 1. The first-order valence-electron chi connectivity index (χ1n) is 6.30. The van der Waals surface area contributed by atoms with Gasteiger partial charge in [0, 0.05) is 29.2 Å². The summed E-state index contributed by atoms with van der Waals surface area (Å²) in [5.74, 6) is 0.686. The summed E-state index contributed by atoms with van der Waals surface area (Å²) in [7, 11) is 0. The van der Waals surface area contributed by atoms with E-state index in [2.05, 4.69) is 76.3 Å². The van der Waals surface area contributed by atoms with Gasteiger partial charge in [0.25, 0.3) is 0 Å². The summed E-state index contributed by atoms with van der Waals surface area (Å²) in [5, 5.41) is 0. The minimum atomic E-state index is 0.686. The van der Waals surface area contributed by atoms with Crippen molar-refractivity contribution in [2.24, 2.45) is 0 Å². The Morgan fingerprint density at radius 1 is 1.06 bits per heavy atom. The highest BCUT2D eigenvalue weighted by Crippen LogP contribution is 2.33. The molecule has 0 bridgehead atoms. The van der Waals surface area contributed by atoms with Crippen molar-refractivity contribution < 1.29 is 0 Å². The van der Waals surface area contributed by atoms with Gasteiger partial charge < -0.3 is 4.90 Å². The van der Waals surface area contributed by atoms with Gasteiger partial charge in [-0.15, -0.1) is 0 Å². The van der Waals surface area contributed by atoms with Crippen LogP contribution in [-0.4, -0.2) is 13.1 Å². The summed E-state index contributed by atoms with van der Waals surface area (Å²) in [6, 6.07) is 17.4. The number of hydrogen-bond acceptors (Lipinski definition) is 1. The highest BCUT2D eigenvalue weighted by molar-refractivity contribution is 9.10. The van der Waals surface area contributed by atoms with E-state index >= 15 is 0 Å². The normalized spacial score (nSPS) is 15.6. The molecule has 2 aromatic rings. The predicted octanol–water partition coefficient (Wildman–Crippen LogP) is 4.36. The lowest BCUT2D eigenvalue weighted by Gasteiger charge is -2.41. The fraction of sp³-hybridized carbons (Fsp3) is 0.250. The van der Waals surface area contributed by atoms with Gasteiger partial charge >= 0.3 is 0 Å². The highest BCUT2D eigenvalue weighted by atomic mass is 79.9. The molecule has 1 aliphatic heterocycles. The Morgan fingerprint density at radius 2 is 1.78 bits per heavy atom. The summed E-state index contributed by atoms with van der Waals surface area (Å²) in [4.78, 5) is 2.43.